The highest BCUT2D eigenvalue weighted by atomic mass is 16.5. The van der Waals surface area contributed by atoms with Crippen molar-refractivity contribution in [3.05, 3.63) is 48.7 Å². The van der Waals surface area contributed by atoms with Gasteiger partial charge in [-0.25, -0.2) is 0 Å². The molecule has 0 radical (unpaired) electrons. The van der Waals surface area contributed by atoms with Gasteiger partial charge in [-0.05, 0) is 36.4 Å². The molecule has 1 saturated heterocycles. The molecular formula is C22H23N3O2. The maximum absolute atomic E-state index is 6.06. The Morgan fingerprint density at radius 1 is 1.04 bits per heavy atom. The van der Waals surface area contributed by atoms with Crippen LogP contribution in [0.2, 0.25) is 0 Å². The summed E-state index contributed by atoms with van der Waals surface area (Å²) in [4.78, 5) is 6.90. The van der Waals surface area contributed by atoms with Crippen LogP contribution in [0, 0.1) is 0 Å². The van der Waals surface area contributed by atoms with Gasteiger partial charge in [0.05, 0.1) is 18.7 Å². The molecule has 0 bridgehead atoms. The standard InChI is InChI=1S/C22H23N3O2/c1-24-21-5-4-17(27-12-9-25-7-10-26-11-8-25)14-18(21)19-15-20-16(13-22(19)24)3-2-6-23-20/h2-6,13-15H,7-12H2,1H3. The third kappa shape index (κ3) is 3.03. The maximum Gasteiger partial charge on any atom is 0.120 e. The van der Waals surface area contributed by atoms with Crippen molar-refractivity contribution in [2.75, 3.05) is 39.5 Å². The lowest BCUT2D eigenvalue weighted by Crippen LogP contribution is -2.38. The van der Waals surface area contributed by atoms with Crippen molar-refractivity contribution in [2.24, 2.45) is 7.05 Å². The molecule has 2 aromatic heterocycles. The van der Waals surface area contributed by atoms with Crippen LogP contribution in [0.4, 0.5) is 0 Å². The van der Waals surface area contributed by atoms with Crippen molar-refractivity contribution >= 4 is 32.7 Å². The van der Waals surface area contributed by atoms with Crippen LogP contribution in [0.25, 0.3) is 32.7 Å². The van der Waals surface area contributed by atoms with Crippen molar-refractivity contribution in [2.45, 2.75) is 0 Å². The Balaban J connectivity index is 1.46. The molecule has 5 rings (SSSR count). The first kappa shape index (κ1) is 16.5. The zero-order valence-electron chi connectivity index (χ0n) is 15.5. The van der Waals surface area contributed by atoms with Crippen molar-refractivity contribution in [1.29, 1.82) is 0 Å². The van der Waals surface area contributed by atoms with E-state index in [-0.39, 0.29) is 0 Å². The van der Waals surface area contributed by atoms with Gasteiger partial charge in [0.15, 0.2) is 0 Å². The minimum absolute atomic E-state index is 0.695. The molecule has 1 aliphatic rings. The van der Waals surface area contributed by atoms with Crippen LogP contribution in [0.1, 0.15) is 0 Å². The molecule has 138 valence electrons. The van der Waals surface area contributed by atoms with Crippen LogP contribution >= 0.6 is 0 Å². The van der Waals surface area contributed by atoms with E-state index in [1.54, 1.807) is 0 Å². The number of aromatic nitrogens is 2. The van der Waals surface area contributed by atoms with Gasteiger partial charge in [-0.3, -0.25) is 9.88 Å². The zero-order valence-corrected chi connectivity index (χ0v) is 15.5. The van der Waals surface area contributed by atoms with Gasteiger partial charge in [-0.15, -0.1) is 0 Å². The second kappa shape index (κ2) is 6.83. The highest BCUT2D eigenvalue weighted by Crippen LogP contribution is 2.33. The normalized spacial score (nSPS) is 15.7. The molecule has 4 aromatic rings. The van der Waals surface area contributed by atoms with Gasteiger partial charge in [0.2, 0.25) is 0 Å². The quantitative estimate of drug-likeness (QED) is 0.557. The van der Waals surface area contributed by atoms with Crippen LogP contribution in [-0.2, 0) is 11.8 Å². The fraction of sp³-hybridized carbons (Fsp3) is 0.318. The molecule has 0 N–H and O–H groups in total. The van der Waals surface area contributed by atoms with E-state index in [0.717, 1.165) is 49.5 Å². The van der Waals surface area contributed by atoms with Crippen molar-refractivity contribution < 1.29 is 9.47 Å². The van der Waals surface area contributed by atoms with Gasteiger partial charge in [-0.2, -0.15) is 0 Å². The lowest BCUT2D eigenvalue weighted by molar-refractivity contribution is 0.0322. The topological polar surface area (TPSA) is 39.5 Å². The second-order valence-electron chi connectivity index (χ2n) is 7.11. The van der Waals surface area contributed by atoms with Crippen molar-refractivity contribution in [3.8, 4) is 5.75 Å². The van der Waals surface area contributed by atoms with E-state index < -0.39 is 0 Å². The van der Waals surface area contributed by atoms with Crippen LogP contribution in [0.3, 0.4) is 0 Å². The number of nitrogens with zero attached hydrogens (tertiary/aromatic N) is 3. The molecule has 1 aliphatic heterocycles. The summed E-state index contributed by atoms with van der Waals surface area (Å²) in [7, 11) is 2.12. The predicted molar refractivity (Wildman–Crippen MR) is 108 cm³/mol. The molecule has 27 heavy (non-hydrogen) atoms. The second-order valence-corrected chi connectivity index (χ2v) is 7.11. The molecule has 0 amide bonds. The van der Waals surface area contributed by atoms with Gasteiger partial charge in [0, 0.05) is 60.1 Å². The van der Waals surface area contributed by atoms with E-state index in [4.69, 9.17) is 9.47 Å². The molecule has 0 saturated carbocycles. The van der Waals surface area contributed by atoms with Crippen LogP contribution in [0.15, 0.2) is 48.7 Å². The number of fused-ring (bicyclic) bond motifs is 4. The van der Waals surface area contributed by atoms with E-state index in [1.807, 2.05) is 12.3 Å². The highest BCUT2D eigenvalue weighted by Gasteiger charge is 2.12. The average Bonchev–Trinajstić information content (AvgIpc) is 2.98. The van der Waals surface area contributed by atoms with E-state index in [1.165, 1.54) is 21.8 Å². The number of aryl methyl sites for hydroxylation is 1. The molecule has 0 atom stereocenters. The third-order valence-corrected chi connectivity index (χ3v) is 5.48. The van der Waals surface area contributed by atoms with Crippen molar-refractivity contribution in [3.63, 3.8) is 0 Å². The Morgan fingerprint density at radius 2 is 1.89 bits per heavy atom. The minimum atomic E-state index is 0.695. The van der Waals surface area contributed by atoms with E-state index in [2.05, 4.69) is 57.9 Å². The Kier molecular flexibility index (Phi) is 4.19. The van der Waals surface area contributed by atoms with Crippen LogP contribution in [-0.4, -0.2) is 53.9 Å². The Bertz CT molecular complexity index is 1110. The summed E-state index contributed by atoms with van der Waals surface area (Å²) in [5.74, 6) is 0.921. The molecule has 2 aromatic carbocycles. The Hall–Kier alpha value is -2.63. The minimum Gasteiger partial charge on any atom is -0.492 e. The largest absolute Gasteiger partial charge is 0.492 e. The molecule has 5 heteroatoms. The SMILES string of the molecule is Cn1c2ccc(OCCN3CCOCC3)cc2c2cc3ncccc3cc21. The third-order valence-electron chi connectivity index (χ3n) is 5.48. The Labute approximate surface area is 158 Å². The number of pyridine rings is 1. The molecule has 0 aliphatic carbocycles. The van der Waals surface area contributed by atoms with E-state index in [0.29, 0.717) is 6.61 Å². The first-order chi connectivity index (χ1) is 13.3. The van der Waals surface area contributed by atoms with Crippen LogP contribution in [0.5, 0.6) is 5.75 Å². The predicted octanol–water partition coefficient (Wildman–Crippen LogP) is 3.59. The number of hydrogen-bond acceptors (Lipinski definition) is 4. The lowest BCUT2D eigenvalue weighted by Gasteiger charge is -2.26. The van der Waals surface area contributed by atoms with Crippen molar-refractivity contribution in [1.82, 2.24) is 14.5 Å². The van der Waals surface area contributed by atoms with Gasteiger partial charge < -0.3 is 14.0 Å². The first-order valence-corrected chi connectivity index (χ1v) is 9.49. The van der Waals surface area contributed by atoms with E-state index in [9.17, 15) is 0 Å². The summed E-state index contributed by atoms with van der Waals surface area (Å²) < 4.78 is 13.7. The van der Waals surface area contributed by atoms with Gasteiger partial charge >= 0.3 is 0 Å². The van der Waals surface area contributed by atoms with Gasteiger partial charge in [0.25, 0.3) is 0 Å². The fourth-order valence-electron chi connectivity index (χ4n) is 3.96. The lowest BCUT2D eigenvalue weighted by atomic mass is 10.1. The smallest absolute Gasteiger partial charge is 0.120 e. The molecule has 0 unspecified atom stereocenters. The van der Waals surface area contributed by atoms with Crippen LogP contribution < -0.4 is 4.74 Å². The fourth-order valence-corrected chi connectivity index (χ4v) is 3.96. The molecular weight excluding hydrogens is 338 g/mol. The molecule has 1 fully saturated rings. The number of rotatable bonds is 4. The summed E-state index contributed by atoms with van der Waals surface area (Å²) in [6, 6.07) is 14.9. The number of morpholine rings is 1. The van der Waals surface area contributed by atoms with Gasteiger partial charge in [-0.1, -0.05) is 6.07 Å². The van der Waals surface area contributed by atoms with Gasteiger partial charge in [0.1, 0.15) is 12.4 Å². The maximum atomic E-state index is 6.06. The Morgan fingerprint density at radius 3 is 2.78 bits per heavy atom. The summed E-state index contributed by atoms with van der Waals surface area (Å²) in [6.07, 6.45) is 1.85. The summed E-state index contributed by atoms with van der Waals surface area (Å²) in [5, 5.41) is 3.60. The monoisotopic (exact) mass is 361 g/mol. The summed E-state index contributed by atoms with van der Waals surface area (Å²) >= 11 is 0. The summed E-state index contributed by atoms with van der Waals surface area (Å²) in [6.45, 7) is 5.26. The number of ether oxygens (including phenoxy) is 2. The van der Waals surface area contributed by atoms with E-state index >= 15 is 0 Å². The average molecular weight is 361 g/mol. The first-order valence-electron chi connectivity index (χ1n) is 9.49. The summed E-state index contributed by atoms with van der Waals surface area (Å²) in [5.41, 5.74) is 3.45. The molecule has 5 nitrogen and oxygen atoms in total. The zero-order chi connectivity index (χ0) is 18.2. The number of hydrogen-bond donors (Lipinski definition) is 0. The highest BCUT2D eigenvalue weighted by molar-refractivity contribution is 6.12. The molecule has 3 heterocycles. The number of benzene rings is 2. The molecule has 0 spiro atoms.